The minimum absolute atomic E-state index is 0.506. The van der Waals surface area contributed by atoms with Gasteiger partial charge in [0, 0.05) is 6.07 Å². The summed E-state index contributed by atoms with van der Waals surface area (Å²) in [5.74, 6) is -1.30. The fourth-order valence-corrected chi connectivity index (χ4v) is 1.81. The Labute approximate surface area is 83.0 Å². The van der Waals surface area contributed by atoms with Crippen LogP contribution < -0.4 is 10.9 Å². The van der Waals surface area contributed by atoms with Crippen molar-refractivity contribution in [3.63, 3.8) is 0 Å². The van der Waals surface area contributed by atoms with Crippen molar-refractivity contribution < 1.29 is 21.6 Å². The van der Waals surface area contributed by atoms with E-state index in [1.165, 1.54) is 0 Å². The van der Waals surface area contributed by atoms with E-state index in [2.05, 4.69) is 10.1 Å². The Morgan fingerprint density at radius 1 is 1.40 bits per heavy atom. The van der Waals surface area contributed by atoms with E-state index in [9.17, 15) is 21.6 Å². The Kier molecular flexibility index (Phi) is 2.86. The second-order valence-electron chi connectivity index (χ2n) is 2.59. The third-order valence-electron chi connectivity index (χ3n) is 1.49. The highest BCUT2D eigenvalue weighted by Crippen LogP contribution is 2.28. The summed E-state index contributed by atoms with van der Waals surface area (Å²) in [5.41, 5.74) is 3.10. The first-order chi connectivity index (χ1) is 6.73. The van der Waals surface area contributed by atoms with Gasteiger partial charge in [-0.3, -0.25) is 0 Å². The summed E-state index contributed by atoms with van der Waals surface area (Å²) in [6.07, 6.45) is -3.28. The average molecular weight is 241 g/mol. The summed E-state index contributed by atoms with van der Waals surface area (Å²) >= 11 is 0. The van der Waals surface area contributed by atoms with Crippen LogP contribution in [0.2, 0.25) is 0 Å². The maximum atomic E-state index is 12.6. The van der Waals surface area contributed by atoms with E-state index < -0.39 is 38.7 Å². The molecular weight excluding hydrogens is 235 g/mol. The van der Waals surface area contributed by atoms with Gasteiger partial charge in [0.1, 0.15) is 10.6 Å². The van der Waals surface area contributed by atoms with E-state index in [1.54, 1.807) is 0 Å². The predicted octanol–water partition coefficient (Wildman–Crippen LogP) is 0.388. The van der Waals surface area contributed by atoms with E-state index in [4.69, 9.17) is 5.73 Å². The van der Waals surface area contributed by atoms with Crippen LogP contribution in [0.15, 0.2) is 11.0 Å². The largest absolute Gasteiger partial charge is 0.397 e. The maximum absolute atomic E-state index is 12.6. The topological polar surface area (TPSA) is 99.1 Å². The second-order valence-corrected chi connectivity index (χ2v) is 4.09. The number of alkyl halides is 2. The normalized spacial score (nSPS) is 12.1. The zero-order valence-electron chi connectivity index (χ0n) is 7.12. The van der Waals surface area contributed by atoms with Crippen LogP contribution in [0, 0.1) is 5.95 Å². The van der Waals surface area contributed by atoms with Crippen molar-refractivity contribution >= 4 is 15.7 Å². The Hall–Kier alpha value is -1.35. The number of rotatable bonds is 2. The molecule has 0 fully saturated rings. The van der Waals surface area contributed by atoms with Gasteiger partial charge in [-0.1, -0.05) is 0 Å². The van der Waals surface area contributed by atoms with Gasteiger partial charge in [0.25, 0.3) is 6.43 Å². The Morgan fingerprint density at radius 3 is 2.33 bits per heavy atom. The molecule has 0 saturated carbocycles. The first-order valence-electron chi connectivity index (χ1n) is 3.50. The zero-order chi connectivity index (χ0) is 11.8. The Balaban J connectivity index is 3.62. The number of sulfonamides is 1. The molecule has 0 bridgehead atoms. The maximum Gasteiger partial charge on any atom is 0.281 e. The zero-order valence-corrected chi connectivity index (χ0v) is 7.93. The first kappa shape index (κ1) is 11.7. The molecule has 5 nitrogen and oxygen atoms in total. The third-order valence-corrected chi connectivity index (χ3v) is 2.50. The number of hydrogen-bond acceptors (Lipinski definition) is 4. The van der Waals surface area contributed by atoms with Crippen LogP contribution in [0.5, 0.6) is 0 Å². The number of hydrogen-bond donors (Lipinski definition) is 2. The number of nitrogens with two attached hydrogens (primary N) is 2. The van der Waals surface area contributed by atoms with Gasteiger partial charge in [0.15, 0.2) is 0 Å². The summed E-state index contributed by atoms with van der Waals surface area (Å²) < 4.78 is 59.0. The molecule has 0 aliphatic carbocycles. The molecular formula is C6H6F3N3O2S. The predicted molar refractivity (Wildman–Crippen MR) is 44.9 cm³/mol. The quantitative estimate of drug-likeness (QED) is 0.731. The summed E-state index contributed by atoms with van der Waals surface area (Å²) in [7, 11) is -4.46. The number of nitrogens with zero attached hydrogens (tertiary/aromatic N) is 1. The van der Waals surface area contributed by atoms with E-state index >= 15 is 0 Å². The van der Waals surface area contributed by atoms with Crippen LogP contribution in [-0.4, -0.2) is 13.4 Å². The van der Waals surface area contributed by atoms with Crippen LogP contribution in [0.3, 0.4) is 0 Å². The minimum Gasteiger partial charge on any atom is -0.397 e. The molecule has 0 saturated heterocycles. The lowest BCUT2D eigenvalue weighted by molar-refractivity contribution is 0.141. The van der Waals surface area contributed by atoms with Gasteiger partial charge in [-0.15, -0.1) is 0 Å². The lowest BCUT2D eigenvalue weighted by Crippen LogP contribution is -2.18. The number of aromatic nitrogens is 1. The lowest BCUT2D eigenvalue weighted by atomic mass is 10.3. The SMILES string of the molecule is Nc1cc(F)nc(C(F)F)c1S(N)(=O)=O. The van der Waals surface area contributed by atoms with Crippen molar-refractivity contribution in [2.24, 2.45) is 5.14 Å². The molecule has 4 N–H and O–H groups in total. The highest BCUT2D eigenvalue weighted by molar-refractivity contribution is 7.89. The van der Waals surface area contributed by atoms with Crippen LogP contribution in [0.1, 0.15) is 12.1 Å². The number of nitrogen functional groups attached to an aromatic ring is 1. The van der Waals surface area contributed by atoms with Crippen molar-refractivity contribution in [3.8, 4) is 0 Å². The van der Waals surface area contributed by atoms with Crippen molar-refractivity contribution in [1.82, 2.24) is 4.98 Å². The highest BCUT2D eigenvalue weighted by Gasteiger charge is 2.26. The summed E-state index contributed by atoms with van der Waals surface area (Å²) in [6, 6.07) is 0.506. The molecule has 0 aliphatic rings. The van der Waals surface area contributed by atoms with Crippen LogP contribution in [0.25, 0.3) is 0 Å². The van der Waals surface area contributed by atoms with Crippen LogP contribution in [0.4, 0.5) is 18.9 Å². The van der Waals surface area contributed by atoms with Crippen molar-refractivity contribution in [1.29, 1.82) is 0 Å². The van der Waals surface area contributed by atoms with Crippen molar-refractivity contribution in [2.75, 3.05) is 5.73 Å². The Morgan fingerprint density at radius 2 is 1.93 bits per heavy atom. The fraction of sp³-hybridized carbons (Fsp3) is 0.167. The molecule has 0 unspecified atom stereocenters. The molecule has 15 heavy (non-hydrogen) atoms. The monoisotopic (exact) mass is 241 g/mol. The summed E-state index contributed by atoms with van der Waals surface area (Å²) in [6.45, 7) is 0. The van der Waals surface area contributed by atoms with E-state index in [-0.39, 0.29) is 0 Å². The van der Waals surface area contributed by atoms with Gasteiger partial charge >= 0.3 is 0 Å². The highest BCUT2D eigenvalue weighted by atomic mass is 32.2. The summed E-state index contributed by atoms with van der Waals surface area (Å²) in [4.78, 5) is 1.70. The van der Waals surface area contributed by atoms with Crippen molar-refractivity contribution in [3.05, 3.63) is 17.7 Å². The molecule has 84 valence electrons. The third kappa shape index (κ3) is 2.36. The molecule has 1 rings (SSSR count). The number of halogens is 3. The number of primary sulfonamides is 1. The van der Waals surface area contributed by atoms with Gasteiger partial charge < -0.3 is 5.73 Å². The molecule has 0 amide bonds. The standard InChI is InChI=1S/C6H6F3N3O2S/c7-3-1-2(10)5(15(11,13)14)4(12-3)6(8)9/h1,6H,(H2,10,12)(H2,11,13,14). The summed E-state index contributed by atoms with van der Waals surface area (Å²) in [5, 5.41) is 4.64. The average Bonchev–Trinajstić information content (AvgIpc) is 1.99. The molecule has 0 aromatic carbocycles. The molecule has 1 heterocycles. The molecule has 0 radical (unpaired) electrons. The molecule has 1 aromatic heterocycles. The van der Waals surface area contributed by atoms with E-state index in [0.717, 1.165) is 0 Å². The van der Waals surface area contributed by atoms with Gasteiger partial charge in [0.05, 0.1) is 5.69 Å². The molecule has 1 aromatic rings. The van der Waals surface area contributed by atoms with E-state index in [0.29, 0.717) is 6.07 Å². The van der Waals surface area contributed by atoms with Crippen LogP contribution in [-0.2, 0) is 10.0 Å². The lowest BCUT2D eigenvalue weighted by Gasteiger charge is -2.08. The molecule has 0 atom stereocenters. The van der Waals surface area contributed by atoms with Crippen LogP contribution >= 0.6 is 0 Å². The first-order valence-corrected chi connectivity index (χ1v) is 5.05. The minimum atomic E-state index is -4.46. The second kappa shape index (κ2) is 3.66. The molecule has 9 heteroatoms. The molecule has 0 spiro atoms. The smallest absolute Gasteiger partial charge is 0.281 e. The fourth-order valence-electron chi connectivity index (χ4n) is 0.998. The van der Waals surface area contributed by atoms with Gasteiger partial charge in [-0.25, -0.2) is 27.3 Å². The van der Waals surface area contributed by atoms with Crippen molar-refractivity contribution in [2.45, 2.75) is 11.3 Å². The van der Waals surface area contributed by atoms with Gasteiger partial charge in [0.2, 0.25) is 16.0 Å². The number of anilines is 1. The number of pyridine rings is 1. The molecule has 0 aliphatic heterocycles. The van der Waals surface area contributed by atoms with Gasteiger partial charge in [-0.05, 0) is 0 Å². The van der Waals surface area contributed by atoms with E-state index in [1.807, 2.05) is 0 Å². The van der Waals surface area contributed by atoms with Gasteiger partial charge in [-0.2, -0.15) is 4.39 Å². The Bertz CT molecular complexity index is 489.